The van der Waals surface area contributed by atoms with Crippen molar-refractivity contribution in [1.82, 2.24) is 5.32 Å². The summed E-state index contributed by atoms with van der Waals surface area (Å²) in [6, 6.07) is 0. The van der Waals surface area contributed by atoms with E-state index in [-0.39, 0.29) is 29.6 Å². The minimum atomic E-state index is -1.07. The molecule has 0 bridgehead atoms. The summed E-state index contributed by atoms with van der Waals surface area (Å²) in [5.74, 6) is -2.12. The second kappa shape index (κ2) is 10.9. The van der Waals surface area contributed by atoms with Crippen LogP contribution in [-0.4, -0.2) is 45.3 Å². The van der Waals surface area contributed by atoms with Gasteiger partial charge >= 0.3 is 17.8 Å². The normalized spacial score (nSPS) is 20.3. The van der Waals surface area contributed by atoms with Crippen molar-refractivity contribution < 1.29 is 33.3 Å². The van der Waals surface area contributed by atoms with E-state index < -0.39 is 11.9 Å². The molecule has 0 aromatic rings. The minimum absolute atomic E-state index is 0.0621. The van der Waals surface area contributed by atoms with Crippen LogP contribution in [0.25, 0.3) is 0 Å². The maximum absolute atomic E-state index is 11.6. The lowest BCUT2D eigenvalue weighted by Gasteiger charge is -2.27. The summed E-state index contributed by atoms with van der Waals surface area (Å²) in [5.41, 5.74) is 5.72. The summed E-state index contributed by atoms with van der Waals surface area (Å²) < 4.78 is 19.7. The lowest BCUT2D eigenvalue weighted by atomic mass is 9.87. The van der Waals surface area contributed by atoms with Crippen molar-refractivity contribution in [3.63, 3.8) is 0 Å². The van der Waals surface area contributed by atoms with Gasteiger partial charge in [0, 0.05) is 0 Å². The van der Waals surface area contributed by atoms with Crippen LogP contribution in [0, 0.1) is 5.92 Å². The van der Waals surface area contributed by atoms with E-state index in [0.29, 0.717) is 31.4 Å². The number of rotatable bonds is 7. The van der Waals surface area contributed by atoms with Crippen molar-refractivity contribution in [1.29, 1.82) is 0 Å². The molecule has 0 aromatic carbocycles. The highest BCUT2D eigenvalue weighted by atomic mass is 16.5. The van der Waals surface area contributed by atoms with E-state index in [1.165, 1.54) is 26.4 Å². The Morgan fingerprint density at radius 1 is 1.00 bits per heavy atom. The number of nitrogens with two attached hydrogens (primary N) is 1. The van der Waals surface area contributed by atoms with Gasteiger partial charge in [-0.3, -0.25) is 9.59 Å². The van der Waals surface area contributed by atoms with Crippen LogP contribution in [-0.2, 0) is 33.3 Å². The van der Waals surface area contributed by atoms with Crippen LogP contribution < -0.4 is 11.1 Å². The molecular weight excluding hydrogens is 356 g/mol. The van der Waals surface area contributed by atoms with Gasteiger partial charge in [-0.2, -0.15) is 0 Å². The van der Waals surface area contributed by atoms with Crippen molar-refractivity contribution in [3.05, 3.63) is 36.1 Å². The highest BCUT2D eigenvalue weighted by Gasteiger charge is 2.27. The number of amides is 1. The largest absolute Gasteiger partial charge is 0.491 e. The summed E-state index contributed by atoms with van der Waals surface area (Å²) in [6.07, 6.45) is 5.60. The van der Waals surface area contributed by atoms with E-state index in [1.807, 2.05) is 0 Å². The first kappa shape index (κ1) is 22.1. The van der Waals surface area contributed by atoms with E-state index in [9.17, 15) is 14.4 Å². The van der Waals surface area contributed by atoms with Crippen LogP contribution in [0.2, 0.25) is 0 Å². The fourth-order valence-corrected chi connectivity index (χ4v) is 2.57. The number of ether oxygens (including phenoxy) is 4. The molecule has 0 heterocycles. The molecule has 3 N–H and O–H groups in total. The van der Waals surface area contributed by atoms with Gasteiger partial charge in [0.25, 0.3) is 0 Å². The average Bonchev–Trinajstić information content (AvgIpc) is 2.69. The Hall–Kier alpha value is -2.97. The van der Waals surface area contributed by atoms with Crippen molar-refractivity contribution >= 4 is 17.8 Å². The Morgan fingerprint density at radius 2 is 1.63 bits per heavy atom. The smallest absolute Gasteiger partial charge is 0.396 e. The van der Waals surface area contributed by atoms with E-state index in [0.717, 1.165) is 7.11 Å². The molecule has 1 rings (SSSR count). The van der Waals surface area contributed by atoms with E-state index in [2.05, 4.69) is 16.6 Å². The summed E-state index contributed by atoms with van der Waals surface area (Å²) in [5, 5.41) is 2.28. The standard InChI is InChI=1S/C18H26N2O7/c1-11(27-13-8-6-12(7-9-13)17(22)25-3)5-10-14(15(19)24-2)20-16(21)18(23)26-4/h5,10,12-13H,1,6-9,19H2,2-4H3,(H,20,21)/b10-5-,15-14-. The maximum atomic E-state index is 11.6. The Morgan fingerprint density at radius 3 is 2.15 bits per heavy atom. The minimum Gasteiger partial charge on any atom is -0.491 e. The molecule has 0 saturated heterocycles. The zero-order valence-corrected chi connectivity index (χ0v) is 15.8. The number of hydrogen-bond acceptors (Lipinski definition) is 8. The number of nitrogens with one attached hydrogen (secondary N) is 1. The third-order valence-electron chi connectivity index (χ3n) is 4.07. The van der Waals surface area contributed by atoms with Gasteiger partial charge < -0.3 is 30.0 Å². The number of carbonyl (C=O) groups excluding carboxylic acids is 3. The Kier molecular flexibility index (Phi) is 8.91. The molecule has 150 valence electrons. The fraction of sp³-hybridized carbons (Fsp3) is 0.500. The summed E-state index contributed by atoms with van der Waals surface area (Å²) in [6.45, 7) is 3.80. The van der Waals surface area contributed by atoms with Gasteiger partial charge in [0.1, 0.15) is 11.5 Å². The Balaban J connectivity index is 2.62. The molecular formula is C18H26N2O7. The van der Waals surface area contributed by atoms with Crippen LogP contribution in [0.1, 0.15) is 25.7 Å². The highest BCUT2D eigenvalue weighted by Crippen LogP contribution is 2.28. The molecule has 0 aromatic heterocycles. The van der Waals surface area contributed by atoms with Gasteiger partial charge in [0.15, 0.2) is 0 Å². The molecule has 1 aliphatic carbocycles. The van der Waals surface area contributed by atoms with Crippen molar-refractivity contribution in [3.8, 4) is 0 Å². The molecule has 9 heteroatoms. The zero-order chi connectivity index (χ0) is 20.4. The molecule has 0 unspecified atom stereocenters. The molecule has 0 aliphatic heterocycles. The van der Waals surface area contributed by atoms with Crippen LogP contribution in [0.4, 0.5) is 0 Å². The SMILES string of the molecule is C=C(/C=C\C(NC(=O)C(=O)OC)=C(/N)OC)OC1CCC(C(=O)OC)CC1. The molecule has 0 spiro atoms. The molecule has 1 aliphatic rings. The van der Waals surface area contributed by atoms with Gasteiger partial charge in [0.05, 0.1) is 33.4 Å². The molecule has 9 nitrogen and oxygen atoms in total. The number of methoxy groups -OCH3 is 3. The van der Waals surface area contributed by atoms with Gasteiger partial charge in [-0.1, -0.05) is 6.58 Å². The van der Waals surface area contributed by atoms with E-state index >= 15 is 0 Å². The third kappa shape index (κ3) is 7.04. The van der Waals surface area contributed by atoms with E-state index in [4.69, 9.17) is 19.9 Å². The van der Waals surface area contributed by atoms with Gasteiger partial charge in [-0.15, -0.1) is 0 Å². The fourth-order valence-electron chi connectivity index (χ4n) is 2.57. The first-order valence-corrected chi connectivity index (χ1v) is 8.36. The second-order valence-electron chi connectivity index (χ2n) is 5.84. The molecule has 0 atom stereocenters. The summed E-state index contributed by atoms with van der Waals surface area (Å²) in [4.78, 5) is 34.4. The van der Waals surface area contributed by atoms with Crippen LogP contribution in [0.15, 0.2) is 36.1 Å². The van der Waals surface area contributed by atoms with Gasteiger partial charge in [0.2, 0.25) is 5.88 Å². The summed E-state index contributed by atoms with van der Waals surface area (Å²) in [7, 11) is 3.79. The van der Waals surface area contributed by atoms with Crippen molar-refractivity contribution in [2.24, 2.45) is 11.7 Å². The first-order chi connectivity index (χ1) is 12.8. The van der Waals surface area contributed by atoms with Gasteiger partial charge in [-0.05, 0) is 37.8 Å². The Bertz CT molecular complexity index is 632. The van der Waals surface area contributed by atoms with Crippen molar-refractivity contribution in [2.75, 3.05) is 21.3 Å². The van der Waals surface area contributed by atoms with Crippen LogP contribution in [0.3, 0.4) is 0 Å². The lowest BCUT2D eigenvalue weighted by molar-refractivity contribution is -0.152. The third-order valence-corrected chi connectivity index (χ3v) is 4.07. The molecule has 0 radical (unpaired) electrons. The quantitative estimate of drug-likeness (QED) is 0.287. The predicted molar refractivity (Wildman–Crippen MR) is 95.5 cm³/mol. The average molecular weight is 382 g/mol. The molecule has 27 heavy (non-hydrogen) atoms. The van der Waals surface area contributed by atoms with Crippen LogP contribution >= 0.6 is 0 Å². The Labute approximate surface area is 158 Å². The zero-order valence-electron chi connectivity index (χ0n) is 15.8. The molecule has 1 amide bonds. The molecule has 1 fully saturated rings. The number of esters is 2. The topological polar surface area (TPSA) is 126 Å². The van der Waals surface area contributed by atoms with E-state index in [1.54, 1.807) is 0 Å². The lowest BCUT2D eigenvalue weighted by Crippen LogP contribution is -2.32. The second-order valence-corrected chi connectivity index (χ2v) is 5.84. The van der Waals surface area contributed by atoms with Crippen LogP contribution in [0.5, 0.6) is 0 Å². The number of hydrogen-bond donors (Lipinski definition) is 2. The monoisotopic (exact) mass is 382 g/mol. The number of carbonyl (C=O) groups is 3. The van der Waals surface area contributed by atoms with Gasteiger partial charge in [-0.25, -0.2) is 4.79 Å². The predicted octanol–water partition coefficient (Wildman–Crippen LogP) is 0.868. The molecule has 1 saturated carbocycles. The summed E-state index contributed by atoms with van der Waals surface area (Å²) >= 11 is 0. The highest BCUT2D eigenvalue weighted by molar-refractivity contribution is 6.32. The number of allylic oxidation sites excluding steroid dienone is 2. The first-order valence-electron chi connectivity index (χ1n) is 8.36. The van der Waals surface area contributed by atoms with Crippen molar-refractivity contribution in [2.45, 2.75) is 31.8 Å². The maximum Gasteiger partial charge on any atom is 0.396 e.